The largest absolute Gasteiger partial charge is 0.0636 e. The molecule has 0 aliphatic carbocycles. The summed E-state index contributed by atoms with van der Waals surface area (Å²) < 4.78 is 133. The van der Waals surface area contributed by atoms with Gasteiger partial charge in [-0.1, -0.05) is 145 Å². The molecule has 0 N–H and O–H groups in total. The molecule has 0 spiro atoms. The molecule has 8 rings (SSSR count). The number of rotatable bonds is 3. The van der Waals surface area contributed by atoms with E-state index in [0.717, 1.165) is 21.9 Å². The highest BCUT2D eigenvalue weighted by molar-refractivity contribution is 6.21. The Morgan fingerprint density at radius 1 is 0.350 bits per heavy atom. The standard InChI is InChI=1S/C40H26/c1-3-11-31-25-33(23-19-27(31)9-1)29-17-21-30(22-18-29)39-35-13-5-7-15-37(35)40(38-16-8-6-14-36(38)39)34-24-20-28-10-2-4-12-32(28)26-34/h1-26H/i2D,4D,5D,6D,7D,8D,10D,12D,13D,14D,15D,16D,20D,24D,26D. The summed E-state index contributed by atoms with van der Waals surface area (Å²) in [5.41, 5.74) is 1.29. The first-order valence-electron chi connectivity index (χ1n) is 20.1. The van der Waals surface area contributed by atoms with Crippen LogP contribution in [0.2, 0.25) is 0 Å². The van der Waals surface area contributed by atoms with Crippen molar-refractivity contribution in [3.63, 3.8) is 0 Å². The molecule has 0 atom stereocenters. The lowest BCUT2D eigenvalue weighted by Crippen LogP contribution is -1.91. The Labute approximate surface area is 254 Å². The molecule has 0 nitrogen and oxygen atoms in total. The second-order valence-corrected chi connectivity index (χ2v) is 9.39. The monoisotopic (exact) mass is 521 g/mol. The summed E-state index contributed by atoms with van der Waals surface area (Å²) in [4.78, 5) is 0. The zero-order valence-electron chi connectivity index (χ0n) is 35.9. The third kappa shape index (κ3) is 3.69. The van der Waals surface area contributed by atoms with E-state index in [1.165, 1.54) is 0 Å². The van der Waals surface area contributed by atoms with E-state index < -0.39 is 107 Å². The lowest BCUT2D eigenvalue weighted by molar-refractivity contribution is 1.63. The summed E-state index contributed by atoms with van der Waals surface area (Å²) in [6.07, 6.45) is 0. The van der Waals surface area contributed by atoms with Crippen LogP contribution in [-0.2, 0) is 0 Å². The van der Waals surface area contributed by atoms with Crippen molar-refractivity contribution in [2.24, 2.45) is 0 Å². The maximum atomic E-state index is 9.35. The quantitative estimate of drug-likeness (QED) is 0.203. The first-order chi connectivity index (χ1) is 26.1. The number of hydrogen-bond acceptors (Lipinski definition) is 0. The van der Waals surface area contributed by atoms with Crippen molar-refractivity contribution in [1.29, 1.82) is 0 Å². The van der Waals surface area contributed by atoms with Gasteiger partial charge in [-0.3, -0.25) is 0 Å². The molecule has 186 valence electrons. The van der Waals surface area contributed by atoms with Crippen molar-refractivity contribution in [2.45, 2.75) is 0 Å². The maximum absolute atomic E-state index is 9.35. The molecule has 0 saturated heterocycles. The highest BCUT2D eigenvalue weighted by Gasteiger charge is 2.16. The van der Waals surface area contributed by atoms with Crippen LogP contribution in [0.1, 0.15) is 20.6 Å². The molecule has 40 heavy (non-hydrogen) atoms. The van der Waals surface area contributed by atoms with Crippen LogP contribution in [0.15, 0.2) is 157 Å². The predicted molar refractivity (Wildman–Crippen MR) is 173 cm³/mol. The Morgan fingerprint density at radius 3 is 1.55 bits per heavy atom. The van der Waals surface area contributed by atoms with Crippen molar-refractivity contribution in [2.75, 3.05) is 0 Å². The van der Waals surface area contributed by atoms with Crippen molar-refractivity contribution in [1.82, 2.24) is 0 Å². The molecule has 0 heterocycles. The number of fused-ring (bicyclic) bond motifs is 4. The van der Waals surface area contributed by atoms with Gasteiger partial charge in [0, 0.05) is 0 Å². The number of benzene rings is 8. The van der Waals surface area contributed by atoms with E-state index in [2.05, 4.69) is 0 Å². The smallest absolute Gasteiger partial charge is 0.0616 e. The third-order valence-electron chi connectivity index (χ3n) is 7.13. The first kappa shape index (κ1) is 12.3. The average molecular weight is 522 g/mol. The van der Waals surface area contributed by atoms with Crippen LogP contribution >= 0.6 is 0 Å². The Bertz CT molecular complexity index is 2950. The van der Waals surface area contributed by atoms with Crippen LogP contribution in [-0.4, -0.2) is 0 Å². The number of hydrogen-bond donors (Lipinski definition) is 0. The van der Waals surface area contributed by atoms with Gasteiger partial charge >= 0.3 is 0 Å². The molecule has 0 aliphatic heterocycles. The molecule has 0 radical (unpaired) electrons. The molecule has 8 aromatic rings. The summed E-state index contributed by atoms with van der Waals surface area (Å²) in [6, 6.07) is 11.1. The second kappa shape index (κ2) is 9.22. The minimum Gasteiger partial charge on any atom is -0.0616 e. The molecule has 0 heteroatoms. The van der Waals surface area contributed by atoms with Gasteiger partial charge < -0.3 is 0 Å². The van der Waals surface area contributed by atoms with E-state index in [1.807, 2.05) is 42.5 Å². The third-order valence-corrected chi connectivity index (χ3v) is 7.13. The van der Waals surface area contributed by atoms with Crippen LogP contribution in [0.5, 0.6) is 0 Å². The minimum atomic E-state index is -0.725. The SMILES string of the molecule is [2H]c1c([2H])c([2H])c2c([2H])c(-c3c4c([2H])c([2H])c([2H])c([2H])c4c(-c4ccc(-c5ccc6ccccc6c5)cc4)c4c([2H])c([2H])c([2H])c([2H])c34)c([2H])c([2H])c2c1[2H]. The fourth-order valence-corrected chi connectivity index (χ4v) is 5.27. The van der Waals surface area contributed by atoms with E-state index in [0.29, 0.717) is 5.56 Å². The molecule has 0 amide bonds. The van der Waals surface area contributed by atoms with Crippen LogP contribution in [0.25, 0.3) is 76.5 Å². The zero-order valence-corrected chi connectivity index (χ0v) is 20.9. The lowest BCUT2D eigenvalue weighted by Gasteiger charge is -2.18. The van der Waals surface area contributed by atoms with Crippen molar-refractivity contribution in [3.8, 4) is 33.4 Å². The van der Waals surface area contributed by atoms with E-state index in [1.54, 1.807) is 24.3 Å². The summed E-state index contributed by atoms with van der Waals surface area (Å²) >= 11 is 0. The molecule has 0 saturated carbocycles. The highest BCUT2D eigenvalue weighted by Crippen LogP contribution is 2.44. The van der Waals surface area contributed by atoms with Gasteiger partial charge in [0.2, 0.25) is 0 Å². The van der Waals surface area contributed by atoms with Gasteiger partial charge in [0.25, 0.3) is 0 Å². The molecule has 0 aliphatic rings. The van der Waals surface area contributed by atoms with Gasteiger partial charge in [0.15, 0.2) is 0 Å². The van der Waals surface area contributed by atoms with Gasteiger partial charge in [-0.15, -0.1) is 0 Å². The fraction of sp³-hybridized carbons (Fsp3) is 0. The molecule has 0 unspecified atom stereocenters. The molecule has 8 aromatic carbocycles. The Kier molecular flexibility index (Phi) is 2.84. The second-order valence-electron chi connectivity index (χ2n) is 9.39. The highest BCUT2D eigenvalue weighted by atomic mass is 14.2. The summed E-state index contributed by atoms with van der Waals surface area (Å²) in [6.45, 7) is 0. The van der Waals surface area contributed by atoms with Gasteiger partial charge in [0.1, 0.15) is 0 Å². The summed E-state index contributed by atoms with van der Waals surface area (Å²) in [5.74, 6) is 0. The normalized spacial score (nSPS) is 16.8. The van der Waals surface area contributed by atoms with Crippen LogP contribution in [0.4, 0.5) is 0 Å². The van der Waals surface area contributed by atoms with Crippen LogP contribution in [0.3, 0.4) is 0 Å². The fourth-order valence-electron chi connectivity index (χ4n) is 5.27. The van der Waals surface area contributed by atoms with Crippen molar-refractivity contribution >= 4 is 43.1 Å². The Hall–Kier alpha value is -5.20. The zero-order chi connectivity index (χ0) is 39.5. The first-order valence-corrected chi connectivity index (χ1v) is 12.6. The van der Waals surface area contributed by atoms with Gasteiger partial charge in [0.05, 0.1) is 20.6 Å². The Morgan fingerprint density at radius 2 is 0.875 bits per heavy atom. The van der Waals surface area contributed by atoms with Gasteiger partial charge in [-0.25, -0.2) is 0 Å². The van der Waals surface area contributed by atoms with Gasteiger partial charge in [-0.2, -0.15) is 0 Å². The minimum absolute atomic E-state index is 0.0599. The van der Waals surface area contributed by atoms with E-state index in [9.17, 15) is 6.85 Å². The molecular formula is C40H26. The summed E-state index contributed by atoms with van der Waals surface area (Å²) in [7, 11) is 0. The van der Waals surface area contributed by atoms with Crippen molar-refractivity contribution < 1.29 is 20.6 Å². The van der Waals surface area contributed by atoms with Crippen LogP contribution in [0, 0.1) is 0 Å². The van der Waals surface area contributed by atoms with E-state index >= 15 is 0 Å². The molecular weight excluding hydrogens is 480 g/mol. The average Bonchev–Trinajstić information content (AvgIpc) is 3.19. The topological polar surface area (TPSA) is 0 Å². The summed E-state index contributed by atoms with van der Waals surface area (Å²) in [5, 5.41) is 0.391. The van der Waals surface area contributed by atoms with Crippen molar-refractivity contribution in [3.05, 3.63) is 157 Å². The lowest BCUT2D eigenvalue weighted by atomic mass is 9.85. The van der Waals surface area contributed by atoms with Gasteiger partial charge in [-0.05, 0) is 88.6 Å². The molecule has 0 fully saturated rings. The van der Waals surface area contributed by atoms with E-state index in [4.69, 9.17) is 13.7 Å². The van der Waals surface area contributed by atoms with E-state index in [-0.39, 0.29) is 32.7 Å². The van der Waals surface area contributed by atoms with Crippen LogP contribution < -0.4 is 0 Å². The molecule has 0 bridgehead atoms. The maximum Gasteiger partial charge on any atom is 0.0636 e. The predicted octanol–water partition coefficient (Wildman–Crippen LogP) is 11.3. The Balaban J connectivity index is 1.58. The molecule has 0 aromatic heterocycles.